The van der Waals surface area contributed by atoms with E-state index in [1.165, 1.54) is 4.68 Å². The summed E-state index contributed by atoms with van der Waals surface area (Å²) < 4.78 is 12.2. The minimum absolute atomic E-state index is 0.111. The smallest absolute Gasteiger partial charge is 0.267 e. The summed E-state index contributed by atoms with van der Waals surface area (Å²) in [4.78, 5) is 24.4. The first-order valence-corrected chi connectivity index (χ1v) is 8.48. The van der Waals surface area contributed by atoms with Gasteiger partial charge in [0.2, 0.25) is 5.91 Å². The van der Waals surface area contributed by atoms with Gasteiger partial charge in [-0.25, -0.2) is 4.68 Å². The fourth-order valence-corrected chi connectivity index (χ4v) is 3.17. The molecule has 2 aromatic rings. The van der Waals surface area contributed by atoms with Crippen molar-refractivity contribution in [3.63, 3.8) is 0 Å². The Hall–Kier alpha value is -2.83. The van der Waals surface area contributed by atoms with Crippen molar-refractivity contribution in [2.45, 2.75) is 32.2 Å². The van der Waals surface area contributed by atoms with E-state index in [2.05, 4.69) is 10.4 Å². The van der Waals surface area contributed by atoms with E-state index in [0.29, 0.717) is 30.4 Å². The van der Waals surface area contributed by atoms with Crippen molar-refractivity contribution in [1.82, 2.24) is 9.78 Å². The first-order valence-electron chi connectivity index (χ1n) is 8.48. The number of carbonyl (C=O) groups excluding carboxylic acids is 1. The number of carbonyl (C=O) groups is 1. The Morgan fingerprint density at radius 1 is 1.12 bits per heavy atom. The second kappa shape index (κ2) is 6.58. The van der Waals surface area contributed by atoms with Gasteiger partial charge in [0.05, 0.1) is 5.69 Å². The van der Waals surface area contributed by atoms with Crippen LogP contribution in [0, 0.1) is 0 Å². The van der Waals surface area contributed by atoms with E-state index in [-0.39, 0.29) is 18.0 Å². The van der Waals surface area contributed by atoms with Gasteiger partial charge in [0.1, 0.15) is 19.8 Å². The van der Waals surface area contributed by atoms with Crippen LogP contribution in [0.25, 0.3) is 0 Å². The van der Waals surface area contributed by atoms with Gasteiger partial charge in [0.25, 0.3) is 5.56 Å². The number of hydrogen-bond donors (Lipinski definition) is 1. The number of benzene rings is 1. The van der Waals surface area contributed by atoms with Gasteiger partial charge < -0.3 is 14.8 Å². The Morgan fingerprint density at radius 2 is 1.92 bits per heavy atom. The van der Waals surface area contributed by atoms with Crippen LogP contribution < -0.4 is 20.3 Å². The van der Waals surface area contributed by atoms with Crippen LogP contribution in [-0.2, 0) is 24.2 Å². The van der Waals surface area contributed by atoms with Crippen molar-refractivity contribution in [3.8, 4) is 11.5 Å². The minimum atomic E-state index is -0.304. The molecule has 1 aromatic heterocycles. The van der Waals surface area contributed by atoms with Gasteiger partial charge in [-0.05, 0) is 43.4 Å². The van der Waals surface area contributed by atoms with E-state index in [9.17, 15) is 9.59 Å². The van der Waals surface area contributed by atoms with E-state index >= 15 is 0 Å². The van der Waals surface area contributed by atoms with Crippen LogP contribution in [0.2, 0.25) is 0 Å². The van der Waals surface area contributed by atoms with Crippen molar-refractivity contribution < 1.29 is 14.3 Å². The largest absolute Gasteiger partial charge is 0.486 e. The molecule has 0 saturated heterocycles. The topological polar surface area (TPSA) is 82.5 Å². The Balaban J connectivity index is 1.48. The highest BCUT2D eigenvalue weighted by molar-refractivity contribution is 5.90. The third-order valence-corrected chi connectivity index (χ3v) is 4.39. The van der Waals surface area contributed by atoms with E-state index in [0.717, 1.165) is 36.9 Å². The highest BCUT2D eigenvalue weighted by atomic mass is 16.6. The predicted molar refractivity (Wildman–Crippen MR) is 91.2 cm³/mol. The summed E-state index contributed by atoms with van der Waals surface area (Å²) in [6.45, 7) is 0.894. The number of fused-ring (bicyclic) bond motifs is 2. The average Bonchev–Trinajstić information content (AvgIpc) is 2.62. The van der Waals surface area contributed by atoms with Crippen LogP contribution in [0.4, 0.5) is 5.69 Å². The molecule has 7 nitrogen and oxygen atoms in total. The van der Waals surface area contributed by atoms with E-state index < -0.39 is 0 Å². The maximum atomic E-state index is 12.3. The van der Waals surface area contributed by atoms with Crippen LogP contribution >= 0.6 is 0 Å². The Kier molecular flexibility index (Phi) is 4.13. The van der Waals surface area contributed by atoms with Gasteiger partial charge in [0, 0.05) is 17.8 Å². The summed E-state index contributed by atoms with van der Waals surface area (Å²) in [5.41, 5.74) is 2.30. The maximum absolute atomic E-state index is 12.3. The van der Waals surface area contributed by atoms with Crippen LogP contribution in [0.15, 0.2) is 29.1 Å². The molecule has 0 bridgehead atoms. The molecule has 1 aromatic carbocycles. The van der Waals surface area contributed by atoms with Gasteiger partial charge in [-0.3, -0.25) is 9.59 Å². The molecule has 7 heteroatoms. The fraction of sp³-hybridized carbons (Fsp3) is 0.389. The van der Waals surface area contributed by atoms with Crippen molar-refractivity contribution in [3.05, 3.63) is 45.9 Å². The highest BCUT2D eigenvalue weighted by Gasteiger charge is 2.16. The molecule has 1 aliphatic carbocycles. The number of nitrogens with zero attached hydrogens (tertiary/aromatic N) is 2. The molecule has 2 heterocycles. The molecule has 25 heavy (non-hydrogen) atoms. The number of amides is 1. The standard InChI is InChI=1S/C18H19N3O4/c22-17(19-13-5-6-15-16(10-13)25-8-7-24-15)11-21-18(23)9-12-3-1-2-4-14(12)20-21/h5-6,9-10H,1-4,7-8,11H2,(H,19,22). The van der Waals surface area contributed by atoms with E-state index in [1.54, 1.807) is 24.3 Å². The number of aryl methyl sites for hydroxylation is 2. The van der Waals surface area contributed by atoms with Crippen molar-refractivity contribution in [2.75, 3.05) is 18.5 Å². The minimum Gasteiger partial charge on any atom is -0.486 e. The molecule has 0 atom stereocenters. The quantitative estimate of drug-likeness (QED) is 0.915. The SMILES string of the molecule is O=C(Cn1nc2c(cc1=O)CCCC2)Nc1ccc2c(c1)OCCO2. The van der Waals surface area contributed by atoms with Gasteiger partial charge in [0.15, 0.2) is 11.5 Å². The van der Waals surface area contributed by atoms with Crippen LogP contribution in [-0.4, -0.2) is 28.9 Å². The molecule has 1 N–H and O–H groups in total. The second-order valence-corrected chi connectivity index (χ2v) is 6.23. The van der Waals surface area contributed by atoms with Gasteiger partial charge in [-0.15, -0.1) is 0 Å². The molecule has 1 aliphatic heterocycles. The number of nitrogens with one attached hydrogen (secondary N) is 1. The molecule has 0 unspecified atom stereocenters. The molecule has 0 saturated carbocycles. The summed E-state index contributed by atoms with van der Waals surface area (Å²) in [6.07, 6.45) is 3.91. The molecule has 1 amide bonds. The second-order valence-electron chi connectivity index (χ2n) is 6.23. The Bertz CT molecular complexity index is 875. The van der Waals surface area contributed by atoms with E-state index in [1.807, 2.05) is 0 Å². The number of rotatable bonds is 3. The molecule has 0 fully saturated rings. The lowest BCUT2D eigenvalue weighted by atomic mass is 9.97. The lowest BCUT2D eigenvalue weighted by Gasteiger charge is -2.19. The first-order chi connectivity index (χ1) is 12.2. The van der Waals surface area contributed by atoms with Crippen molar-refractivity contribution >= 4 is 11.6 Å². The number of aromatic nitrogens is 2. The highest BCUT2D eigenvalue weighted by Crippen LogP contribution is 2.32. The predicted octanol–water partition coefficient (Wildman–Crippen LogP) is 1.53. The lowest BCUT2D eigenvalue weighted by Crippen LogP contribution is -2.31. The Morgan fingerprint density at radius 3 is 2.80 bits per heavy atom. The summed E-state index contributed by atoms with van der Waals surface area (Å²) in [7, 11) is 0. The fourth-order valence-electron chi connectivity index (χ4n) is 3.17. The zero-order chi connectivity index (χ0) is 17.2. The maximum Gasteiger partial charge on any atom is 0.267 e. The summed E-state index contributed by atoms with van der Waals surface area (Å²) in [5.74, 6) is 0.965. The van der Waals surface area contributed by atoms with Crippen molar-refractivity contribution in [1.29, 1.82) is 0 Å². The monoisotopic (exact) mass is 341 g/mol. The molecule has 4 rings (SSSR count). The first kappa shape index (κ1) is 15.7. The molecule has 130 valence electrons. The summed E-state index contributed by atoms with van der Waals surface area (Å²) >= 11 is 0. The number of anilines is 1. The zero-order valence-corrected chi connectivity index (χ0v) is 13.8. The number of ether oxygens (including phenoxy) is 2. The zero-order valence-electron chi connectivity index (χ0n) is 13.8. The molecular formula is C18H19N3O4. The molecular weight excluding hydrogens is 322 g/mol. The number of hydrogen-bond acceptors (Lipinski definition) is 5. The normalized spacial score (nSPS) is 15.4. The van der Waals surface area contributed by atoms with Crippen LogP contribution in [0.1, 0.15) is 24.1 Å². The third kappa shape index (κ3) is 3.35. The summed E-state index contributed by atoms with van der Waals surface area (Å²) in [5, 5.41) is 7.14. The van der Waals surface area contributed by atoms with Crippen LogP contribution in [0.3, 0.4) is 0 Å². The lowest BCUT2D eigenvalue weighted by molar-refractivity contribution is -0.117. The van der Waals surface area contributed by atoms with Crippen molar-refractivity contribution in [2.24, 2.45) is 0 Å². The average molecular weight is 341 g/mol. The van der Waals surface area contributed by atoms with Gasteiger partial charge >= 0.3 is 0 Å². The van der Waals surface area contributed by atoms with Crippen LogP contribution in [0.5, 0.6) is 11.5 Å². The molecule has 0 radical (unpaired) electrons. The molecule has 2 aliphatic rings. The molecule has 0 spiro atoms. The third-order valence-electron chi connectivity index (χ3n) is 4.39. The summed E-state index contributed by atoms with van der Waals surface area (Å²) in [6, 6.07) is 6.83. The van der Waals surface area contributed by atoms with E-state index in [4.69, 9.17) is 9.47 Å². The Labute approximate surface area is 144 Å². The van der Waals surface area contributed by atoms with Gasteiger partial charge in [-0.2, -0.15) is 5.10 Å². The van der Waals surface area contributed by atoms with Gasteiger partial charge in [-0.1, -0.05) is 0 Å².